The minimum Gasteiger partial charge on any atom is -0.477 e. The van der Waals surface area contributed by atoms with Gasteiger partial charge in [-0.05, 0) is 18.6 Å². The van der Waals surface area contributed by atoms with E-state index in [1.165, 1.54) is 13.0 Å². The zero-order chi connectivity index (χ0) is 12.1. The average Bonchev–Trinajstić information content (AvgIpc) is 2.40. The molecule has 0 spiro atoms. The van der Waals surface area contributed by atoms with E-state index < -0.39 is 23.6 Å². The Morgan fingerprint density at radius 3 is 2.69 bits per heavy atom. The van der Waals surface area contributed by atoms with Crippen LogP contribution >= 0.6 is 0 Å². The van der Waals surface area contributed by atoms with Crippen LogP contribution in [-0.2, 0) is 0 Å². The summed E-state index contributed by atoms with van der Waals surface area (Å²) in [6.07, 6.45) is -3.85. The van der Waals surface area contributed by atoms with Crippen LogP contribution in [0, 0.1) is 6.92 Å². The molecule has 0 saturated carbocycles. The van der Waals surface area contributed by atoms with Crippen LogP contribution < -0.4 is 15.2 Å². The molecular weight excluding hydrogens is 224 g/mol. The summed E-state index contributed by atoms with van der Waals surface area (Å²) in [6, 6.07) is 1.21. The van der Waals surface area contributed by atoms with Gasteiger partial charge in [-0.1, -0.05) is 0 Å². The molecule has 0 radical (unpaired) electrons. The Balaban J connectivity index is 2.68. The van der Waals surface area contributed by atoms with Crippen molar-refractivity contribution >= 4 is 11.7 Å². The van der Waals surface area contributed by atoms with Gasteiger partial charge >= 0.3 is 12.3 Å². The van der Waals surface area contributed by atoms with Crippen LogP contribution in [0.5, 0.6) is 11.5 Å². The van der Waals surface area contributed by atoms with E-state index in [-0.39, 0.29) is 11.4 Å². The van der Waals surface area contributed by atoms with Crippen molar-refractivity contribution in [3.63, 3.8) is 0 Å². The first-order chi connectivity index (χ1) is 7.32. The molecule has 0 amide bonds. The average molecular weight is 231 g/mol. The Morgan fingerprint density at radius 1 is 1.50 bits per heavy atom. The number of nitrogens with two attached hydrogens (primary N) is 1. The molecule has 0 fully saturated rings. The fraction of sp³-hybridized carbons (Fsp3) is 0.222. The van der Waals surface area contributed by atoms with Crippen molar-refractivity contribution in [2.75, 3.05) is 5.73 Å². The van der Waals surface area contributed by atoms with Crippen LogP contribution in [0.1, 0.15) is 15.9 Å². The number of ether oxygens (including phenoxy) is 2. The smallest absolute Gasteiger partial charge is 0.477 e. The lowest BCUT2D eigenvalue weighted by atomic mass is 10.1. The van der Waals surface area contributed by atoms with Crippen molar-refractivity contribution in [3.8, 4) is 11.5 Å². The van der Waals surface area contributed by atoms with E-state index in [0.29, 0.717) is 5.56 Å². The van der Waals surface area contributed by atoms with Gasteiger partial charge in [0.1, 0.15) is 5.56 Å². The Hall–Kier alpha value is -2.05. The number of rotatable bonds is 1. The summed E-state index contributed by atoms with van der Waals surface area (Å²) in [7, 11) is 0. The van der Waals surface area contributed by atoms with E-state index in [0.717, 1.165) is 0 Å². The number of hydrogen-bond donors (Lipinski definition) is 2. The second kappa shape index (κ2) is 2.97. The van der Waals surface area contributed by atoms with E-state index in [9.17, 15) is 13.6 Å². The molecule has 1 heterocycles. The van der Waals surface area contributed by atoms with E-state index in [2.05, 4.69) is 9.47 Å². The summed E-state index contributed by atoms with van der Waals surface area (Å²) in [5.74, 6) is -2.31. The summed E-state index contributed by atoms with van der Waals surface area (Å²) < 4.78 is 33.8. The molecule has 0 bridgehead atoms. The van der Waals surface area contributed by atoms with Crippen molar-refractivity contribution in [1.82, 2.24) is 0 Å². The van der Waals surface area contributed by atoms with Gasteiger partial charge in [-0.3, -0.25) is 0 Å². The molecule has 1 aromatic carbocycles. The lowest BCUT2D eigenvalue weighted by molar-refractivity contribution is -0.286. The van der Waals surface area contributed by atoms with Gasteiger partial charge in [0, 0.05) is 0 Å². The second-order valence-electron chi connectivity index (χ2n) is 3.28. The van der Waals surface area contributed by atoms with E-state index in [4.69, 9.17) is 10.8 Å². The number of halogens is 2. The first kappa shape index (κ1) is 10.5. The third-order valence-corrected chi connectivity index (χ3v) is 2.16. The van der Waals surface area contributed by atoms with Crippen LogP contribution in [-0.4, -0.2) is 17.4 Å². The Bertz CT molecular complexity index is 487. The molecule has 0 aromatic heterocycles. The molecule has 16 heavy (non-hydrogen) atoms. The highest BCUT2D eigenvalue weighted by atomic mass is 19.3. The summed E-state index contributed by atoms with van der Waals surface area (Å²) in [5, 5.41) is 8.86. The van der Waals surface area contributed by atoms with Crippen LogP contribution in [0.4, 0.5) is 14.5 Å². The lowest BCUT2D eigenvalue weighted by Crippen LogP contribution is -2.26. The molecular formula is C9H7F2NO4. The lowest BCUT2D eigenvalue weighted by Gasteiger charge is -2.07. The standard InChI is InChI=1S/C9H7F2NO4/c1-3-2-4-7(16-9(10,11)15-4)5(6(3)12)8(13)14/h2H,12H2,1H3,(H,13,14). The predicted octanol–water partition coefficient (Wildman–Crippen LogP) is 1.60. The number of alkyl halides is 2. The largest absolute Gasteiger partial charge is 0.586 e. The topological polar surface area (TPSA) is 81.8 Å². The van der Waals surface area contributed by atoms with Crippen molar-refractivity contribution in [2.24, 2.45) is 0 Å². The van der Waals surface area contributed by atoms with Crippen LogP contribution in [0.15, 0.2) is 6.07 Å². The minimum atomic E-state index is -3.85. The van der Waals surface area contributed by atoms with Crippen LogP contribution in [0.2, 0.25) is 0 Å². The Labute approximate surface area is 88.4 Å². The normalized spacial score (nSPS) is 16.2. The van der Waals surface area contributed by atoms with Crippen molar-refractivity contribution < 1.29 is 28.2 Å². The summed E-state index contributed by atoms with van der Waals surface area (Å²) in [4.78, 5) is 10.9. The molecule has 0 unspecified atom stereocenters. The second-order valence-corrected chi connectivity index (χ2v) is 3.28. The number of anilines is 1. The maximum absolute atomic E-state index is 12.8. The quantitative estimate of drug-likeness (QED) is 0.717. The number of carboxylic acid groups (broad SMARTS) is 1. The number of fused-ring (bicyclic) bond motifs is 1. The maximum Gasteiger partial charge on any atom is 0.586 e. The van der Waals surface area contributed by atoms with E-state index >= 15 is 0 Å². The van der Waals surface area contributed by atoms with Gasteiger partial charge in [-0.2, -0.15) is 0 Å². The highest BCUT2D eigenvalue weighted by molar-refractivity contribution is 5.99. The van der Waals surface area contributed by atoms with Gasteiger partial charge < -0.3 is 20.3 Å². The van der Waals surface area contributed by atoms with Crippen molar-refractivity contribution in [3.05, 3.63) is 17.2 Å². The first-order valence-electron chi connectivity index (χ1n) is 4.24. The van der Waals surface area contributed by atoms with Gasteiger partial charge in [0.05, 0.1) is 5.69 Å². The fourth-order valence-electron chi connectivity index (χ4n) is 1.44. The van der Waals surface area contributed by atoms with Crippen LogP contribution in [0.3, 0.4) is 0 Å². The molecule has 0 saturated heterocycles. The number of hydrogen-bond acceptors (Lipinski definition) is 4. The summed E-state index contributed by atoms with van der Waals surface area (Å²) in [5.41, 5.74) is 5.19. The third kappa shape index (κ3) is 1.40. The Kier molecular flexibility index (Phi) is 1.94. The number of aryl methyl sites for hydroxylation is 1. The number of benzene rings is 1. The first-order valence-corrected chi connectivity index (χ1v) is 4.24. The van der Waals surface area contributed by atoms with Gasteiger partial charge in [0.2, 0.25) is 0 Å². The molecule has 3 N–H and O–H groups in total. The molecule has 0 aliphatic carbocycles. The van der Waals surface area contributed by atoms with Crippen molar-refractivity contribution in [1.29, 1.82) is 0 Å². The highest BCUT2D eigenvalue weighted by Crippen LogP contribution is 2.46. The van der Waals surface area contributed by atoms with Gasteiger partial charge in [0.25, 0.3) is 0 Å². The number of aromatic carboxylic acids is 1. The zero-order valence-corrected chi connectivity index (χ0v) is 8.08. The maximum atomic E-state index is 12.8. The number of carbonyl (C=O) groups is 1. The molecule has 1 aromatic rings. The monoisotopic (exact) mass is 231 g/mol. The van der Waals surface area contributed by atoms with Gasteiger partial charge in [0.15, 0.2) is 11.5 Å². The minimum absolute atomic E-state index is 0.118. The number of nitrogen functional groups attached to an aromatic ring is 1. The molecule has 5 nitrogen and oxygen atoms in total. The summed E-state index contributed by atoms with van der Waals surface area (Å²) >= 11 is 0. The molecule has 1 aliphatic rings. The molecule has 1 aliphatic heterocycles. The van der Waals surface area contributed by atoms with E-state index in [1.807, 2.05) is 0 Å². The molecule has 2 rings (SSSR count). The zero-order valence-electron chi connectivity index (χ0n) is 8.08. The van der Waals surface area contributed by atoms with Gasteiger partial charge in [-0.15, -0.1) is 8.78 Å². The highest BCUT2D eigenvalue weighted by Gasteiger charge is 2.46. The van der Waals surface area contributed by atoms with E-state index in [1.54, 1.807) is 0 Å². The third-order valence-electron chi connectivity index (χ3n) is 2.16. The van der Waals surface area contributed by atoms with Crippen molar-refractivity contribution in [2.45, 2.75) is 13.2 Å². The van der Waals surface area contributed by atoms with Gasteiger partial charge in [-0.25, -0.2) is 4.79 Å². The molecule has 7 heteroatoms. The predicted molar refractivity (Wildman–Crippen MR) is 48.8 cm³/mol. The fourth-order valence-corrected chi connectivity index (χ4v) is 1.44. The molecule has 86 valence electrons. The SMILES string of the molecule is Cc1cc2c(c(C(=O)O)c1N)OC(F)(F)O2. The molecule has 0 atom stereocenters. The summed E-state index contributed by atoms with van der Waals surface area (Å²) in [6.45, 7) is 1.49. The van der Waals surface area contributed by atoms with Crippen LogP contribution in [0.25, 0.3) is 0 Å². The Morgan fingerprint density at radius 2 is 2.12 bits per heavy atom. The number of carboxylic acids is 1.